The van der Waals surface area contributed by atoms with Crippen LogP contribution in [0.3, 0.4) is 0 Å². The first-order valence-electron chi connectivity index (χ1n) is 4.25. The van der Waals surface area contributed by atoms with Crippen LogP contribution in [-0.2, 0) is 0 Å². The second-order valence-electron chi connectivity index (χ2n) is 2.94. The fourth-order valence-electron chi connectivity index (χ4n) is 1.21. The van der Waals surface area contributed by atoms with Gasteiger partial charge in [0.1, 0.15) is 0 Å². The minimum atomic E-state index is -0.611. The van der Waals surface area contributed by atoms with Gasteiger partial charge in [0.15, 0.2) is 0 Å². The Bertz CT molecular complexity index is 583. The Kier molecular flexibility index (Phi) is 2.43. The molecule has 0 aliphatic rings. The van der Waals surface area contributed by atoms with Crippen LogP contribution in [0.5, 0.6) is 0 Å². The minimum absolute atomic E-state index is 0.552. The van der Waals surface area contributed by atoms with Gasteiger partial charge in [0, 0.05) is 17.3 Å². The van der Waals surface area contributed by atoms with E-state index in [4.69, 9.17) is 11.6 Å². The van der Waals surface area contributed by atoms with Crippen molar-refractivity contribution in [3.8, 4) is 5.69 Å². The van der Waals surface area contributed by atoms with Crippen molar-refractivity contribution < 1.29 is 0 Å². The molecule has 0 radical (unpaired) electrons. The lowest BCUT2D eigenvalue weighted by Gasteiger charge is -2.03. The van der Waals surface area contributed by atoms with Crippen molar-refractivity contribution in [1.82, 2.24) is 9.78 Å². The van der Waals surface area contributed by atoms with Crippen LogP contribution in [0.1, 0.15) is 0 Å². The number of H-pyrrole nitrogens is 1. The van der Waals surface area contributed by atoms with E-state index in [1.54, 1.807) is 24.3 Å². The SMILES string of the molecule is O=c1cc[nH]n(-c2ccc(Cl)cc2)c1=O. The molecular weight excluding hydrogens is 216 g/mol. The Morgan fingerprint density at radius 2 is 1.73 bits per heavy atom. The quantitative estimate of drug-likeness (QED) is 0.737. The molecule has 76 valence electrons. The third kappa shape index (κ3) is 1.85. The van der Waals surface area contributed by atoms with E-state index in [1.807, 2.05) is 0 Å². The van der Waals surface area contributed by atoms with Crippen molar-refractivity contribution >= 4 is 11.6 Å². The molecule has 1 N–H and O–H groups in total. The largest absolute Gasteiger partial charge is 0.317 e. The Labute approximate surface area is 89.7 Å². The van der Waals surface area contributed by atoms with E-state index in [-0.39, 0.29) is 0 Å². The Morgan fingerprint density at radius 3 is 2.40 bits per heavy atom. The summed E-state index contributed by atoms with van der Waals surface area (Å²) in [7, 11) is 0. The van der Waals surface area contributed by atoms with Gasteiger partial charge in [-0.15, -0.1) is 0 Å². The van der Waals surface area contributed by atoms with Gasteiger partial charge in [0.25, 0.3) is 0 Å². The van der Waals surface area contributed by atoms with Gasteiger partial charge in [-0.1, -0.05) is 11.6 Å². The fourth-order valence-corrected chi connectivity index (χ4v) is 1.34. The topological polar surface area (TPSA) is 54.9 Å². The molecule has 0 fully saturated rings. The zero-order chi connectivity index (χ0) is 10.8. The van der Waals surface area contributed by atoms with E-state index in [1.165, 1.54) is 16.9 Å². The van der Waals surface area contributed by atoms with Crippen LogP contribution in [0.25, 0.3) is 5.69 Å². The molecule has 0 saturated heterocycles. The van der Waals surface area contributed by atoms with E-state index < -0.39 is 11.0 Å². The van der Waals surface area contributed by atoms with E-state index in [0.717, 1.165) is 0 Å². The maximum absolute atomic E-state index is 11.4. The number of nitrogens with zero attached hydrogens (tertiary/aromatic N) is 1. The van der Waals surface area contributed by atoms with Crippen molar-refractivity contribution in [3.05, 3.63) is 62.1 Å². The molecule has 0 unspecified atom stereocenters. The lowest BCUT2D eigenvalue weighted by atomic mass is 10.3. The van der Waals surface area contributed by atoms with E-state index >= 15 is 0 Å². The number of hydrogen-bond donors (Lipinski definition) is 1. The van der Waals surface area contributed by atoms with Gasteiger partial charge in [-0.3, -0.25) is 14.7 Å². The number of hydrogen-bond acceptors (Lipinski definition) is 2. The normalized spacial score (nSPS) is 10.2. The summed E-state index contributed by atoms with van der Waals surface area (Å²) in [6, 6.07) is 7.79. The Morgan fingerprint density at radius 1 is 1.07 bits per heavy atom. The lowest BCUT2D eigenvalue weighted by Crippen LogP contribution is -2.33. The molecule has 0 atom stereocenters. The first-order chi connectivity index (χ1) is 7.18. The molecule has 1 heterocycles. The smallest absolute Gasteiger partial charge is 0.298 e. The number of nitrogens with one attached hydrogen (secondary N) is 1. The molecule has 0 saturated carbocycles. The summed E-state index contributed by atoms with van der Waals surface area (Å²) in [5.41, 5.74) is -0.592. The second-order valence-corrected chi connectivity index (χ2v) is 3.38. The first-order valence-corrected chi connectivity index (χ1v) is 4.63. The molecule has 0 aliphatic carbocycles. The van der Waals surface area contributed by atoms with Crippen molar-refractivity contribution in [3.63, 3.8) is 0 Å². The fraction of sp³-hybridized carbons (Fsp3) is 0. The van der Waals surface area contributed by atoms with Gasteiger partial charge in [0.05, 0.1) is 5.69 Å². The number of halogens is 1. The summed E-state index contributed by atoms with van der Waals surface area (Å²) >= 11 is 5.71. The Balaban J connectivity index is 2.65. The molecule has 15 heavy (non-hydrogen) atoms. The Hall–Kier alpha value is -1.81. The van der Waals surface area contributed by atoms with Gasteiger partial charge in [0.2, 0.25) is 5.43 Å². The monoisotopic (exact) mass is 222 g/mol. The zero-order valence-electron chi connectivity index (χ0n) is 7.61. The molecule has 2 rings (SSSR count). The number of rotatable bonds is 1. The minimum Gasteiger partial charge on any atom is -0.298 e. The molecule has 4 nitrogen and oxygen atoms in total. The maximum atomic E-state index is 11.4. The highest BCUT2D eigenvalue weighted by Gasteiger charge is 2.01. The summed E-state index contributed by atoms with van der Waals surface area (Å²) in [6.07, 6.45) is 1.42. The van der Waals surface area contributed by atoms with Crippen LogP contribution in [0.15, 0.2) is 46.1 Å². The highest BCUT2D eigenvalue weighted by atomic mass is 35.5. The summed E-state index contributed by atoms with van der Waals surface area (Å²) in [4.78, 5) is 22.5. The average molecular weight is 223 g/mol. The van der Waals surface area contributed by atoms with Gasteiger partial charge >= 0.3 is 5.56 Å². The van der Waals surface area contributed by atoms with Gasteiger partial charge in [-0.2, -0.15) is 0 Å². The molecule has 2 aromatic rings. The number of aromatic nitrogens is 2. The van der Waals surface area contributed by atoms with Crippen molar-refractivity contribution in [2.75, 3.05) is 0 Å². The van der Waals surface area contributed by atoms with Crippen LogP contribution in [0, 0.1) is 0 Å². The summed E-state index contributed by atoms with van der Waals surface area (Å²) in [5, 5.41) is 3.25. The highest BCUT2D eigenvalue weighted by molar-refractivity contribution is 6.30. The van der Waals surface area contributed by atoms with Crippen LogP contribution >= 0.6 is 11.6 Å². The maximum Gasteiger partial charge on any atom is 0.317 e. The molecule has 0 bridgehead atoms. The molecule has 0 amide bonds. The average Bonchev–Trinajstić information content (AvgIpc) is 2.24. The predicted octanol–water partition coefficient (Wildman–Crippen LogP) is 1.18. The molecule has 5 heteroatoms. The van der Waals surface area contributed by atoms with Crippen LogP contribution < -0.4 is 11.0 Å². The van der Waals surface area contributed by atoms with Crippen molar-refractivity contribution in [2.45, 2.75) is 0 Å². The number of aromatic amines is 1. The van der Waals surface area contributed by atoms with Crippen LogP contribution in [-0.4, -0.2) is 9.78 Å². The lowest BCUT2D eigenvalue weighted by molar-refractivity contribution is 0.797. The summed E-state index contributed by atoms with van der Waals surface area (Å²) in [6.45, 7) is 0. The standard InChI is InChI=1S/C10H7ClN2O2/c11-7-1-3-8(4-2-7)13-10(15)9(14)5-6-12-13/h1-6,12H. The number of benzene rings is 1. The molecule has 1 aromatic carbocycles. The first kappa shape index (κ1) is 9.73. The van der Waals surface area contributed by atoms with Gasteiger partial charge in [-0.05, 0) is 24.3 Å². The molecule has 0 spiro atoms. The van der Waals surface area contributed by atoms with Crippen molar-refractivity contribution in [2.24, 2.45) is 0 Å². The predicted molar refractivity (Wildman–Crippen MR) is 57.7 cm³/mol. The third-order valence-corrected chi connectivity index (χ3v) is 2.19. The molecular formula is C10H7ClN2O2. The van der Waals surface area contributed by atoms with Crippen LogP contribution in [0.4, 0.5) is 0 Å². The van der Waals surface area contributed by atoms with E-state index in [9.17, 15) is 9.59 Å². The summed E-state index contributed by atoms with van der Waals surface area (Å²) in [5.74, 6) is 0. The van der Waals surface area contributed by atoms with E-state index in [2.05, 4.69) is 5.10 Å². The van der Waals surface area contributed by atoms with Crippen molar-refractivity contribution in [1.29, 1.82) is 0 Å². The van der Waals surface area contributed by atoms with Gasteiger partial charge < -0.3 is 0 Å². The second kappa shape index (κ2) is 3.74. The van der Waals surface area contributed by atoms with Gasteiger partial charge in [-0.25, -0.2) is 4.68 Å². The van der Waals surface area contributed by atoms with Crippen LogP contribution in [0.2, 0.25) is 5.02 Å². The zero-order valence-corrected chi connectivity index (χ0v) is 8.36. The summed E-state index contributed by atoms with van der Waals surface area (Å²) < 4.78 is 1.17. The highest BCUT2D eigenvalue weighted by Crippen LogP contribution is 2.10. The van der Waals surface area contributed by atoms with E-state index in [0.29, 0.717) is 10.7 Å². The molecule has 1 aromatic heterocycles. The molecule has 0 aliphatic heterocycles. The third-order valence-electron chi connectivity index (χ3n) is 1.94.